The van der Waals surface area contributed by atoms with Crippen LogP contribution in [-0.4, -0.2) is 17.9 Å². The van der Waals surface area contributed by atoms with Gasteiger partial charge in [0.2, 0.25) is 0 Å². The van der Waals surface area contributed by atoms with Crippen molar-refractivity contribution in [3.8, 4) is 0 Å². The number of rotatable bonds is 3. The van der Waals surface area contributed by atoms with Crippen molar-refractivity contribution in [3.05, 3.63) is 0 Å². The quantitative estimate of drug-likeness (QED) is 0.299. The lowest BCUT2D eigenvalue weighted by molar-refractivity contribution is 0.0612. The molecule has 0 unspecified atom stereocenters. The molecule has 0 spiro atoms. The number of hydrogen-bond acceptors (Lipinski definition) is 4. The zero-order chi connectivity index (χ0) is 9.56. The number of halogens is 1. The van der Waals surface area contributed by atoms with Gasteiger partial charge in [0.15, 0.2) is 0 Å². The van der Waals surface area contributed by atoms with Crippen molar-refractivity contribution in [3.63, 3.8) is 0 Å². The molecule has 0 radical (unpaired) electrons. The van der Waals surface area contributed by atoms with Crippen molar-refractivity contribution < 1.29 is 14.4 Å². The molecule has 0 aliphatic rings. The molecule has 0 atom stereocenters. The van der Waals surface area contributed by atoms with Crippen molar-refractivity contribution in [2.45, 2.75) is 20.8 Å². The topological polar surface area (TPSA) is 47.9 Å². The Morgan fingerprint density at radius 3 is 2.58 bits per heavy atom. The van der Waals surface area contributed by atoms with Crippen LogP contribution in [-0.2, 0) is 9.57 Å². The minimum atomic E-state index is -0.837. The first kappa shape index (κ1) is 11.2. The summed E-state index contributed by atoms with van der Waals surface area (Å²) in [5, 5.41) is 3.59. The minimum Gasteiger partial charge on any atom is -0.433 e. The van der Waals surface area contributed by atoms with E-state index in [4.69, 9.17) is 11.6 Å². The summed E-state index contributed by atoms with van der Waals surface area (Å²) in [5.74, 6) is 0.0427. The number of hydrogen-bond donors (Lipinski definition) is 0. The molecule has 0 aromatic carbocycles. The third-order valence-corrected chi connectivity index (χ3v) is 1.45. The van der Waals surface area contributed by atoms with E-state index in [2.05, 4.69) is 14.7 Å². The molecule has 0 aliphatic carbocycles. The highest BCUT2D eigenvalue weighted by atomic mass is 35.5. The van der Waals surface area contributed by atoms with E-state index >= 15 is 0 Å². The number of oxime groups is 1. The summed E-state index contributed by atoms with van der Waals surface area (Å²) >= 11 is 5.58. The Labute approximate surface area is 76.5 Å². The Bertz CT molecular complexity index is 179. The van der Waals surface area contributed by atoms with Gasteiger partial charge in [0.25, 0.3) is 0 Å². The molecule has 0 aliphatic heterocycles. The zero-order valence-electron chi connectivity index (χ0n) is 7.33. The average Bonchev–Trinajstić information content (AvgIpc) is 2.00. The number of ether oxygens (including phenoxy) is 1. The fraction of sp³-hybridized carbons (Fsp3) is 0.714. The molecule has 5 heteroatoms. The molecule has 0 aromatic heterocycles. The summed E-state index contributed by atoms with van der Waals surface area (Å²) in [6, 6.07) is 0. The summed E-state index contributed by atoms with van der Waals surface area (Å²) in [4.78, 5) is 14.9. The van der Waals surface area contributed by atoms with Gasteiger partial charge >= 0.3 is 6.16 Å². The van der Waals surface area contributed by atoms with Crippen LogP contribution in [0.15, 0.2) is 5.16 Å². The van der Waals surface area contributed by atoms with Crippen molar-refractivity contribution in [1.82, 2.24) is 0 Å². The fourth-order valence-corrected chi connectivity index (χ4v) is 0.365. The predicted octanol–water partition coefficient (Wildman–Crippen LogP) is 2.37. The van der Waals surface area contributed by atoms with Gasteiger partial charge in [0.1, 0.15) is 5.17 Å². The van der Waals surface area contributed by atoms with Crippen LogP contribution in [0.1, 0.15) is 20.8 Å². The van der Waals surface area contributed by atoms with E-state index in [0.29, 0.717) is 0 Å². The largest absolute Gasteiger partial charge is 0.535 e. The average molecular weight is 194 g/mol. The monoisotopic (exact) mass is 193 g/mol. The van der Waals surface area contributed by atoms with Gasteiger partial charge in [0, 0.05) is 5.92 Å². The molecule has 0 bridgehead atoms. The SMILES string of the molecule is CCOC(=O)O/N=C(\Cl)C(C)C. The van der Waals surface area contributed by atoms with E-state index in [1.54, 1.807) is 6.92 Å². The Balaban J connectivity index is 3.79. The second-order valence-electron chi connectivity index (χ2n) is 2.34. The van der Waals surface area contributed by atoms with Gasteiger partial charge in [-0.2, -0.15) is 0 Å². The molecule has 4 nitrogen and oxygen atoms in total. The number of nitrogens with zero attached hydrogens (tertiary/aromatic N) is 1. The van der Waals surface area contributed by atoms with Crippen LogP contribution in [0.4, 0.5) is 4.79 Å². The molecule has 0 heterocycles. The molecular weight excluding hydrogens is 182 g/mol. The van der Waals surface area contributed by atoms with E-state index in [9.17, 15) is 4.79 Å². The Hall–Kier alpha value is -0.770. The maximum absolute atomic E-state index is 10.6. The van der Waals surface area contributed by atoms with Gasteiger partial charge in [-0.3, -0.25) is 4.84 Å². The van der Waals surface area contributed by atoms with Crippen LogP contribution in [0.2, 0.25) is 0 Å². The van der Waals surface area contributed by atoms with Crippen molar-refractivity contribution in [2.75, 3.05) is 6.61 Å². The molecule has 70 valence electrons. The molecule has 0 amide bonds. The zero-order valence-corrected chi connectivity index (χ0v) is 8.09. The molecule has 0 rings (SSSR count). The lowest BCUT2D eigenvalue weighted by Gasteiger charge is -2.00. The maximum atomic E-state index is 10.6. The lowest BCUT2D eigenvalue weighted by Crippen LogP contribution is -2.06. The lowest BCUT2D eigenvalue weighted by atomic mass is 10.2. The van der Waals surface area contributed by atoms with Gasteiger partial charge in [-0.15, -0.1) is 0 Å². The maximum Gasteiger partial charge on any atom is 0.535 e. The smallest absolute Gasteiger partial charge is 0.433 e. The Kier molecular flexibility index (Phi) is 5.45. The summed E-state index contributed by atoms with van der Waals surface area (Å²) < 4.78 is 4.45. The van der Waals surface area contributed by atoms with Crippen LogP contribution in [0, 0.1) is 5.92 Å². The van der Waals surface area contributed by atoms with Crippen LogP contribution < -0.4 is 0 Å². The first-order valence-electron chi connectivity index (χ1n) is 3.65. The third-order valence-electron chi connectivity index (χ3n) is 0.946. The fourth-order valence-electron chi connectivity index (χ4n) is 0.330. The standard InChI is InChI=1S/C7H12ClNO3/c1-4-11-7(10)12-9-6(8)5(2)3/h5H,4H2,1-3H3/b9-6-. The normalized spacial score (nSPS) is 11.6. The summed E-state index contributed by atoms with van der Waals surface area (Å²) in [6.07, 6.45) is -0.837. The molecule has 12 heavy (non-hydrogen) atoms. The Morgan fingerprint density at radius 2 is 2.17 bits per heavy atom. The molecule has 0 saturated heterocycles. The van der Waals surface area contributed by atoms with Gasteiger partial charge < -0.3 is 4.74 Å². The highest BCUT2D eigenvalue weighted by molar-refractivity contribution is 6.65. The van der Waals surface area contributed by atoms with Gasteiger partial charge in [-0.25, -0.2) is 4.79 Å². The first-order valence-corrected chi connectivity index (χ1v) is 4.02. The second kappa shape index (κ2) is 5.83. The van der Waals surface area contributed by atoms with Gasteiger partial charge in [0.05, 0.1) is 6.61 Å². The van der Waals surface area contributed by atoms with Crippen LogP contribution in [0.3, 0.4) is 0 Å². The summed E-state index contributed by atoms with van der Waals surface area (Å²) in [5.41, 5.74) is 0. The minimum absolute atomic E-state index is 0.0427. The molecular formula is C7H12ClNO3. The van der Waals surface area contributed by atoms with Crippen LogP contribution in [0.25, 0.3) is 0 Å². The third kappa shape index (κ3) is 4.96. The number of carbonyl (C=O) groups excluding carboxylic acids is 1. The molecule has 0 aromatic rings. The van der Waals surface area contributed by atoms with Gasteiger partial charge in [-0.05, 0) is 6.92 Å². The first-order chi connectivity index (χ1) is 5.57. The molecule has 0 fully saturated rings. The van der Waals surface area contributed by atoms with E-state index in [1.807, 2.05) is 13.8 Å². The van der Waals surface area contributed by atoms with E-state index in [-0.39, 0.29) is 17.7 Å². The van der Waals surface area contributed by atoms with Crippen molar-refractivity contribution in [2.24, 2.45) is 11.1 Å². The van der Waals surface area contributed by atoms with E-state index in [1.165, 1.54) is 0 Å². The molecule has 0 saturated carbocycles. The second-order valence-corrected chi connectivity index (χ2v) is 2.73. The van der Waals surface area contributed by atoms with Crippen LogP contribution in [0.5, 0.6) is 0 Å². The van der Waals surface area contributed by atoms with E-state index in [0.717, 1.165) is 0 Å². The molecule has 0 N–H and O–H groups in total. The van der Waals surface area contributed by atoms with Crippen LogP contribution >= 0.6 is 11.6 Å². The Morgan fingerprint density at radius 1 is 1.58 bits per heavy atom. The van der Waals surface area contributed by atoms with E-state index < -0.39 is 6.16 Å². The highest BCUT2D eigenvalue weighted by Gasteiger charge is 2.05. The predicted molar refractivity (Wildman–Crippen MR) is 46.2 cm³/mol. The van der Waals surface area contributed by atoms with Gasteiger partial charge in [-0.1, -0.05) is 30.6 Å². The van der Waals surface area contributed by atoms with Crippen molar-refractivity contribution in [1.29, 1.82) is 0 Å². The summed E-state index contributed by atoms with van der Waals surface area (Å²) in [7, 11) is 0. The summed E-state index contributed by atoms with van der Waals surface area (Å²) in [6.45, 7) is 5.60. The number of carbonyl (C=O) groups is 1. The highest BCUT2D eigenvalue weighted by Crippen LogP contribution is 2.02. The van der Waals surface area contributed by atoms with Crippen molar-refractivity contribution >= 4 is 22.9 Å².